The van der Waals surface area contributed by atoms with E-state index in [-0.39, 0.29) is 5.91 Å². The van der Waals surface area contributed by atoms with Crippen molar-refractivity contribution in [3.05, 3.63) is 66.4 Å². The number of hydrogen-bond acceptors (Lipinski definition) is 6. The first-order valence-electron chi connectivity index (χ1n) is 11.6. The number of alkyl carbamates (subject to hydrolysis) is 1. The maximum Gasteiger partial charge on any atom is 0.408 e. The number of fused-ring (bicyclic) bond motifs is 1. The van der Waals surface area contributed by atoms with E-state index in [0.29, 0.717) is 32.6 Å². The van der Waals surface area contributed by atoms with E-state index in [1.165, 1.54) is 0 Å². The number of amides is 2. The molecule has 34 heavy (non-hydrogen) atoms. The number of benzene rings is 2. The van der Waals surface area contributed by atoms with Gasteiger partial charge in [0.1, 0.15) is 17.5 Å². The second-order valence-electron chi connectivity index (χ2n) is 9.42. The zero-order valence-electron chi connectivity index (χ0n) is 19.9. The number of carbonyl (C=O) groups excluding carboxylic acids is 2. The average molecular weight is 462 g/mol. The van der Waals surface area contributed by atoms with Gasteiger partial charge >= 0.3 is 6.09 Å². The SMILES string of the molecule is CC(C)(C)OC(=O)NC(Cc1ccccc1)C(=O)N1CCN(c2cnc3ccccc3n2)CC1. The minimum absolute atomic E-state index is 0.112. The monoisotopic (exact) mass is 461 g/mol. The molecule has 1 N–H and O–H groups in total. The summed E-state index contributed by atoms with van der Waals surface area (Å²) in [7, 11) is 0. The Morgan fingerprint density at radius 1 is 0.971 bits per heavy atom. The molecular weight excluding hydrogens is 430 g/mol. The van der Waals surface area contributed by atoms with Gasteiger partial charge in [-0.15, -0.1) is 0 Å². The number of piperazine rings is 1. The lowest BCUT2D eigenvalue weighted by Crippen LogP contribution is -2.56. The molecule has 0 aliphatic carbocycles. The number of anilines is 1. The van der Waals surface area contributed by atoms with E-state index < -0.39 is 17.7 Å². The van der Waals surface area contributed by atoms with E-state index in [1.54, 1.807) is 31.9 Å². The van der Waals surface area contributed by atoms with E-state index in [9.17, 15) is 9.59 Å². The zero-order valence-corrected chi connectivity index (χ0v) is 19.9. The average Bonchev–Trinajstić information content (AvgIpc) is 2.82. The van der Waals surface area contributed by atoms with Crippen LogP contribution in [0.15, 0.2) is 60.8 Å². The normalized spacial score (nSPS) is 15.1. The Morgan fingerprint density at radius 2 is 1.62 bits per heavy atom. The first-order chi connectivity index (χ1) is 16.3. The van der Waals surface area contributed by atoms with Gasteiger partial charge in [0.05, 0.1) is 17.2 Å². The molecule has 4 rings (SSSR count). The Bertz CT molecular complexity index is 1140. The highest BCUT2D eigenvalue weighted by Crippen LogP contribution is 2.18. The Labute approximate surface area is 199 Å². The molecule has 1 aliphatic rings. The highest BCUT2D eigenvalue weighted by Gasteiger charge is 2.30. The topological polar surface area (TPSA) is 87.7 Å². The molecule has 0 bridgehead atoms. The number of nitrogens with zero attached hydrogens (tertiary/aromatic N) is 4. The number of ether oxygens (including phenoxy) is 1. The van der Waals surface area contributed by atoms with Gasteiger partial charge < -0.3 is 19.9 Å². The molecule has 0 radical (unpaired) electrons. The lowest BCUT2D eigenvalue weighted by Gasteiger charge is -2.37. The molecule has 1 aromatic heterocycles. The van der Waals surface area contributed by atoms with Crippen LogP contribution in [-0.2, 0) is 16.0 Å². The fraction of sp³-hybridized carbons (Fsp3) is 0.385. The molecule has 1 atom stereocenters. The quantitative estimate of drug-likeness (QED) is 0.627. The summed E-state index contributed by atoms with van der Waals surface area (Å²) in [6.07, 6.45) is 1.59. The van der Waals surface area contributed by atoms with Gasteiger partial charge in [-0.2, -0.15) is 0 Å². The minimum Gasteiger partial charge on any atom is -0.444 e. The highest BCUT2D eigenvalue weighted by molar-refractivity contribution is 5.86. The molecule has 0 spiro atoms. The van der Waals surface area contributed by atoms with Gasteiger partial charge in [0.15, 0.2) is 0 Å². The summed E-state index contributed by atoms with van der Waals surface area (Å²) >= 11 is 0. The van der Waals surface area contributed by atoms with Crippen molar-refractivity contribution >= 4 is 28.9 Å². The number of para-hydroxylation sites is 2. The highest BCUT2D eigenvalue weighted by atomic mass is 16.6. The fourth-order valence-corrected chi connectivity index (χ4v) is 3.98. The molecule has 3 aromatic rings. The van der Waals surface area contributed by atoms with Crippen LogP contribution in [0.2, 0.25) is 0 Å². The number of carbonyl (C=O) groups is 2. The first-order valence-corrected chi connectivity index (χ1v) is 11.6. The van der Waals surface area contributed by atoms with Crippen LogP contribution in [0.5, 0.6) is 0 Å². The Morgan fingerprint density at radius 3 is 2.29 bits per heavy atom. The largest absolute Gasteiger partial charge is 0.444 e. The van der Waals surface area contributed by atoms with Crippen LogP contribution in [0, 0.1) is 0 Å². The van der Waals surface area contributed by atoms with Crippen molar-refractivity contribution in [2.24, 2.45) is 0 Å². The van der Waals surface area contributed by atoms with Crippen LogP contribution in [-0.4, -0.2) is 64.7 Å². The Balaban J connectivity index is 1.43. The number of nitrogens with one attached hydrogen (secondary N) is 1. The van der Waals surface area contributed by atoms with Gasteiger partial charge in [-0.1, -0.05) is 42.5 Å². The van der Waals surface area contributed by atoms with Crippen molar-refractivity contribution in [1.29, 1.82) is 0 Å². The van der Waals surface area contributed by atoms with Crippen LogP contribution < -0.4 is 10.2 Å². The van der Waals surface area contributed by atoms with E-state index >= 15 is 0 Å². The van der Waals surface area contributed by atoms with Crippen LogP contribution in [0.3, 0.4) is 0 Å². The van der Waals surface area contributed by atoms with E-state index in [2.05, 4.69) is 15.2 Å². The lowest BCUT2D eigenvalue weighted by molar-refractivity contribution is -0.133. The van der Waals surface area contributed by atoms with Gasteiger partial charge in [0.25, 0.3) is 0 Å². The van der Waals surface area contributed by atoms with Crippen molar-refractivity contribution in [2.75, 3.05) is 31.1 Å². The Hall–Kier alpha value is -3.68. The summed E-state index contributed by atoms with van der Waals surface area (Å²) in [4.78, 5) is 39.1. The lowest BCUT2D eigenvalue weighted by atomic mass is 10.0. The predicted octanol–water partition coefficient (Wildman–Crippen LogP) is 3.41. The molecular formula is C26H31N5O3. The summed E-state index contributed by atoms with van der Waals surface area (Å²) in [6, 6.07) is 16.7. The van der Waals surface area contributed by atoms with Crippen molar-refractivity contribution in [2.45, 2.75) is 38.8 Å². The van der Waals surface area contributed by atoms with Crippen LogP contribution in [0.25, 0.3) is 11.0 Å². The fourth-order valence-electron chi connectivity index (χ4n) is 3.98. The predicted molar refractivity (Wildman–Crippen MR) is 132 cm³/mol. The molecule has 2 amide bonds. The molecule has 1 aliphatic heterocycles. The molecule has 8 heteroatoms. The van der Waals surface area contributed by atoms with Crippen molar-refractivity contribution in [3.63, 3.8) is 0 Å². The third-order valence-electron chi connectivity index (χ3n) is 5.62. The number of aromatic nitrogens is 2. The molecule has 8 nitrogen and oxygen atoms in total. The van der Waals surface area contributed by atoms with Crippen LogP contribution in [0.1, 0.15) is 26.3 Å². The molecule has 1 saturated heterocycles. The Kier molecular flexibility index (Phi) is 6.95. The summed E-state index contributed by atoms with van der Waals surface area (Å²) in [5, 5.41) is 2.79. The van der Waals surface area contributed by atoms with Crippen molar-refractivity contribution in [3.8, 4) is 0 Å². The van der Waals surface area contributed by atoms with Crippen molar-refractivity contribution in [1.82, 2.24) is 20.2 Å². The van der Waals surface area contributed by atoms with Gasteiger partial charge in [0.2, 0.25) is 5.91 Å². The second-order valence-corrected chi connectivity index (χ2v) is 9.42. The van der Waals surface area contributed by atoms with Gasteiger partial charge in [-0.05, 0) is 38.5 Å². The van der Waals surface area contributed by atoms with Crippen LogP contribution >= 0.6 is 0 Å². The van der Waals surface area contributed by atoms with Crippen molar-refractivity contribution < 1.29 is 14.3 Å². The summed E-state index contributed by atoms with van der Waals surface area (Å²) in [5.74, 6) is 0.692. The number of rotatable bonds is 5. The van der Waals surface area contributed by atoms with Crippen LogP contribution in [0.4, 0.5) is 10.6 Å². The van der Waals surface area contributed by atoms with E-state index in [1.807, 2.05) is 54.6 Å². The maximum absolute atomic E-state index is 13.4. The standard InChI is InChI=1S/C26H31N5O3/c1-26(2,3)34-25(33)29-22(17-19-9-5-4-6-10-19)24(32)31-15-13-30(14-16-31)23-18-27-20-11-7-8-12-21(20)28-23/h4-12,18,22H,13-17H2,1-3H3,(H,29,33). The zero-order chi connectivity index (χ0) is 24.1. The minimum atomic E-state index is -0.704. The second kappa shape index (κ2) is 10.1. The molecule has 2 heterocycles. The van der Waals surface area contributed by atoms with Gasteiger partial charge in [-0.3, -0.25) is 9.78 Å². The smallest absolute Gasteiger partial charge is 0.408 e. The molecule has 178 valence electrons. The maximum atomic E-state index is 13.4. The third kappa shape index (κ3) is 6.01. The molecule has 0 saturated carbocycles. The molecule has 1 unspecified atom stereocenters. The third-order valence-corrected chi connectivity index (χ3v) is 5.62. The van der Waals surface area contributed by atoms with E-state index in [4.69, 9.17) is 9.72 Å². The van der Waals surface area contributed by atoms with E-state index in [0.717, 1.165) is 22.4 Å². The summed E-state index contributed by atoms with van der Waals surface area (Å²) < 4.78 is 5.41. The van der Waals surface area contributed by atoms with Gasteiger partial charge in [-0.25, -0.2) is 9.78 Å². The number of hydrogen-bond donors (Lipinski definition) is 1. The summed E-state index contributed by atoms with van der Waals surface area (Å²) in [5.41, 5.74) is 2.04. The van der Waals surface area contributed by atoms with Gasteiger partial charge in [0, 0.05) is 32.6 Å². The molecule has 2 aromatic carbocycles. The summed E-state index contributed by atoms with van der Waals surface area (Å²) in [6.45, 7) is 7.76. The molecule has 1 fully saturated rings. The first kappa shape index (κ1) is 23.5.